The van der Waals surface area contributed by atoms with Gasteiger partial charge in [0.05, 0.1) is 8.66 Å². The number of halogens is 2. The largest absolute Gasteiger partial charge is 0.335 e. The number of carbonyl (C=O) groups is 1. The maximum absolute atomic E-state index is 12.3. The average Bonchev–Trinajstić information content (AvgIpc) is 2.70. The van der Waals surface area contributed by atoms with E-state index in [1.54, 1.807) is 0 Å². The molecule has 1 aromatic rings. The van der Waals surface area contributed by atoms with E-state index >= 15 is 0 Å². The number of carbonyl (C=O) groups excluding carboxylic acids is 1. The van der Waals surface area contributed by atoms with Crippen LogP contribution in [0.4, 0.5) is 0 Å². The molecule has 2 unspecified atom stereocenters. The van der Waals surface area contributed by atoms with Crippen LogP contribution in [0.3, 0.4) is 0 Å². The van der Waals surface area contributed by atoms with Crippen molar-refractivity contribution in [2.75, 3.05) is 6.54 Å². The van der Waals surface area contributed by atoms with Gasteiger partial charge in [-0.2, -0.15) is 0 Å². The number of likely N-dealkylation sites (tertiary alicyclic amines) is 1. The quantitative estimate of drug-likeness (QED) is 0.731. The summed E-state index contributed by atoms with van der Waals surface area (Å²) in [6, 6.07) is 2.26. The number of nitrogens with zero attached hydrogens (tertiary/aromatic N) is 1. The van der Waals surface area contributed by atoms with Gasteiger partial charge in [-0.25, -0.2) is 0 Å². The van der Waals surface area contributed by atoms with Crippen molar-refractivity contribution in [2.24, 2.45) is 5.92 Å². The SMILES string of the molecule is CC1CC(C)N(C(=O)c2cc(Br)c(Br)s2)C1. The molecule has 0 N–H and O–H groups in total. The van der Waals surface area contributed by atoms with Crippen molar-refractivity contribution < 1.29 is 4.79 Å². The second-order valence-corrected chi connectivity index (χ2v) is 7.60. The molecule has 2 atom stereocenters. The highest BCUT2D eigenvalue weighted by Crippen LogP contribution is 2.34. The molecule has 0 aromatic carbocycles. The van der Waals surface area contributed by atoms with Crippen LogP contribution in [0.2, 0.25) is 0 Å². The van der Waals surface area contributed by atoms with Gasteiger partial charge in [0.1, 0.15) is 0 Å². The molecule has 1 amide bonds. The maximum Gasteiger partial charge on any atom is 0.264 e. The summed E-state index contributed by atoms with van der Waals surface area (Å²) in [5, 5.41) is 0. The number of thiophene rings is 1. The lowest BCUT2D eigenvalue weighted by molar-refractivity contribution is 0.0748. The molecule has 1 aromatic heterocycles. The van der Waals surface area contributed by atoms with Crippen molar-refractivity contribution >= 4 is 49.1 Å². The van der Waals surface area contributed by atoms with Gasteiger partial charge in [0.15, 0.2) is 0 Å². The molecule has 0 aliphatic carbocycles. The molecule has 1 aliphatic heterocycles. The first-order valence-electron chi connectivity index (χ1n) is 5.25. The van der Waals surface area contributed by atoms with Crippen LogP contribution in [-0.4, -0.2) is 23.4 Å². The third kappa shape index (κ3) is 2.36. The van der Waals surface area contributed by atoms with Gasteiger partial charge in [0.25, 0.3) is 5.91 Å². The number of hydrogen-bond acceptors (Lipinski definition) is 2. The Morgan fingerprint density at radius 3 is 2.62 bits per heavy atom. The lowest BCUT2D eigenvalue weighted by atomic mass is 10.1. The molecule has 88 valence electrons. The topological polar surface area (TPSA) is 20.3 Å². The smallest absolute Gasteiger partial charge is 0.264 e. The summed E-state index contributed by atoms with van der Waals surface area (Å²) in [4.78, 5) is 15.0. The molecule has 0 bridgehead atoms. The lowest BCUT2D eigenvalue weighted by Crippen LogP contribution is -2.33. The molecule has 0 saturated carbocycles. The molecule has 1 saturated heterocycles. The Morgan fingerprint density at radius 1 is 1.50 bits per heavy atom. The minimum atomic E-state index is 0.160. The van der Waals surface area contributed by atoms with E-state index in [4.69, 9.17) is 0 Å². The van der Waals surface area contributed by atoms with E-state index in [1.807, 2.05) is 11.0 Å². The number of rotatable bonds is 1. The van der Waals surface area contributed by atoms with E-state index in [9.17, 15) is 4.79 Å². The molecule has 2 nitrogen and oxygen atoms in total. The van der Waals surface area contributed by atoms with Gasteiger partial charge in [-0.15, -0.1) is 11.3 Å². The molecular weight excluding hydrogens is 354 g/mol. The highest BCUT2D eigenvalue weighted by molar-refractivity contribution is 9.13. The van der Waals surface area contributed by atoms with E-state index in [0.29, 0.717) is 12.0 Å². The predicted octanol–water partition coefficient (Wildman–Crippen LogP) is 4.14. The van der Waals surface area contributed by atoms with Crippen molar-refractivity contribution in [1.29, 1.82) is 0 Å². The van der Waals surface area contributed by atoms with E-state index in [1.165, 1.54) is 11.3 Å². The summed E-state index contributed by atoms with van der Waals surface area (Å²) in [5.74, 6) is 0.777. The molecule has 5 heteroatoms. The van der Waals surface area contributed by atoms with Gasteiger partial charge in [-0.05, 0) is 57.2 Å². The minimum absolute atomic E-state index is 0.160. The highest BCUT2D eigenvalue weighted by atomic mass is 79.9. The highest BCUT2D eigenvalue weighted by Gasteiger charge is 2.31. The van der Waals surface area contributed by atoms with Crippen LogP contribution >= 0.6 is 43.2 Å². The summed E-state index contributed by atoms with van der Waals surface area (Å²) < 4.78 is 1.94. The van der Waals surface area contributed by atoms with Crippen LogP contribution in [0.1, 0.15) is 29.9 Å². The van der Waals surface area contributed by atoms with Gasteiger partial charge < -0.3 is 4.90 Å². The fourth-order valence-electron chi connectivity index (χ4n) is 2.18. The second kappa shape index (κ2) is 4.78. The monoisotopic (exact) mass is 365 g/mol. The predicted molar refractivity (Wildman–Crippen MR) is 74.0 cm³/mol. The zero-order valence-electron chi connectivity index (χ0n) is 9.17. The third-order valence-corrected chi connectivity index (χ3v) is 6.14. The van der Waals surface area contributed by atoms with Crippen LogP contribution in [0.25, 0.3) is 0 Å². The van der Waals surface area contributed by atoms with Crippen LogP contribution in [0, 0.1) is 5.92 Å². The Hall–Kier alpha value is 0.130. The average molecular weight is 367 g/mol. The zero-order valence-corrected chi connectivity index (χ0v) is 13.2. The van der Waals surface area contributed by atoms with Gasteiger partial charge in [-0.1, -0.05) is 6.92 Å². The molecule has 1 fully saturated rings. The fourth-order valence-corrected chi connectivity index (χ4v) is 4.17. The molecule has 1 aliphatic rings. The summed E-state index contributed by atoms with van der Waals surface area (Å²) in [6.07, 6.45) is 1.11. The summed E-state index contributed by atoms with van der Waals surface area (Å²) in [6.45, 7) is 5.20. The first-order valence-corrected chi connectivity index (χ1v) is 7.65. The first kappa shape index (κ1) is 12.6. The van der Waals surface area contributed by atoms with E-state index in [0.717, 1.165) is 26.1 Å². The van der Waals surface area contributed by atoms with E-state index in [2.05, 4.69) is 45.7 Å². The standard InChI is InChI=1S/C11H13Br2NOS/c1-6-3-7(2)14(5-6)11(15)9-4-8(12)10(13)16-9/h4,6-7H,3,5H2,1-2H3. The van der Waals surface area contributed by atoms with Crippen molar-refractivity contribution in [2.45, 2.75) is 26.3 Å². The third-order valence-electron chi connectivity index (χ3n) is 2.90. The molecular formula is C11H13Br2NOS. The lowest BCUT2D eigenvalue weighted by Gasteiger charge is -2.20. The zero-order chi connectivity index (χ0) is 11.9. The second-order valence-electron chi connectivity index (χ2n) is 4.38. The Morgan fingerprint density at radius 2 is 2.19 bits per heavy atom. The summed E-state index contributed by atoms with van der Waals surface area (Å²) in [5.41, 5.74) is 0. The van der Waals surface area contributed by atoms with Crippen LogP contribution in [0.15, 0.2) is 14.3 Å². The normalized spacial score (nSPS) is 25.1. The summed E-state index contributed by atoms with van der Waals surface area (Å²) >= 11 is 8.32. The van der Waals surface area contributed by atoms with E-state index in [-0.39, 0.29) is 5.91 Å². The van der Waals surface area contributed by atoms with Crippen molar-refractivity contribution in [3.05, 3.63) is 19.2 Å². The number of amides is 1. The van der Waals surface area contributed by atoms with Crippen LogP contribution in [-0.2, 0) is 0 Å². The molecule has 2 heterocycles. The fraction of sp³-hybridized carbons (Fsp3) is 0.545. The molecule has 16 heavy (non-hydrogen) atoms. The van der Waals surface area contributed by atoms with Gasteiger partial charge in [-0.3, -0.25) is 4.79 Å². The van der Waals surface area contributed by atoms with Crippen LogP contribution in [0.5, 0.6) is 0 Å². The van der Waals surface area contributed by atoms with Crippen LogP contribution < -0.4 is 0 Å². The molecule has 0 spiro atoms. The Balaban J connectivity index is 2.19. The maximum atomic E-state index is 12.3. The van der Waals surface area contributed by atoms with Crippen molar-refractivity contribution in [1.82, 2.24) is 4.90 Å². The molecule has 2 rings (SSSR count). The van der Waals surface area contributed by atoms with Gasteiger partial charge in [0, 0.05) is 17.1 Å². The Kier molecular flexibility index (Phi) is 3.76. The number of hydrogen-bond donors (Lipinski definition) is 0. The Bertz CT molecular complexity index is 399. The van der Waals surface area contributed by atoms with Crippen molar-refractivity contribution in [3.63, 3.8) is 0 Å². The van der Waals surface area contributed by atoms with Gasteiger partial charge >= 0.3 is 0 Å². The van der Waals surface area contributed by atoms with Gasteiger partial charge in [0.2, 0.25) is 0 Å². The molecule has 0 radical (unpaired) electrons. The van der Waals surface area contributed by atoms with E-state index < -0.39 is 0 Å². The van der Waals surface area contributed by atoms with Crippen molar-refractivity contribution in [3.8, 4) is 0 Å². The Labute approximate surface area is 116 Å². The minimum Gasteiger partial charge on any atom is -0.335 e. The summed E-state index contributed by atoms with van der Waals surface area (Å²) in [7, 11) is 0. The first-order chi connectivity index (χ1) is 7.49.